The van der Waals surface area contributed by atoms with Gasteiger partial charge in [-0.25, -0.2) is 4.39 Å². The number of nitrogens with zero attached hydrogens (tertiary/aromatic N) is 2. The number of carbonyl (C=O) groups excluding carboxylic acids is 1. The maximum absolute atomic E-state index is 13.6. The number of hydrogen-bond acceptors (Lipinski definition) is 3. The Kier molecular flexibility index (Phi) is 4.95. The SMILES string of the molecule is CNCc1cc(F)cc(N(C)CC(=O)N2CCCC2)c1. The van der Waals surface area contributed by atoms with Crippen LogP contribution in [0.4, 0.5) is 10.1 Å². The van der Waals surface area contributed by atoms with Crippen LogP contribution >= 0.6 is 0 Å². The minimum Gasteiger partial charge on any atom is -0.365 e. The van der Waals surface area contributed by atoms with E-state index in [1.54, 1.807) is 0 Å². The smallest absolute Gasteiger partial charge is 0.242 e. The molecule has 1 aromatic rings. The van der Waals surface area contributed by atoms with E-state index in [0.717, 1.165) is 37.2 Å². The van der Waals surface area contributed by atoms with Crippen LogP contribution in [-0.4, -0.2) is 44.5 Å². The fourth-order valence-corrected chi connectivity index (χ4v) is 2.52. The summed E-state index contributed by atoms with van der Waals surface area (Å²) in [7, 11) is 3.65. The summed E-state index contributed by atoms with van der Waals surface area (Å²) in [4.78, 5) is 15.8. The lowest BCUT2D eigenvalue weighted by molar-refractivity contribution is -0.128. The standard InChI is InChI=1S/C15H22FN3O/c1-17-10-12-7-13(16)9-14(8-12)18(2)11-15(20)19-5-3-4-6-19/h7-9,17H,3-6,10-11H2,1-2H3. The van der Waals surface area contributed by atoms with Gasteiger partial charge in [0.15, 0.2) is 0 Å². The summed E-state index contributed by atoms with van der Waals surface area (Å²) in [5, 5.41) is 3.00. The van der Waals surface area contributed by atoms with E-state index < -0.39 is 0 Å². The van der Waals surface area contributed by atoms with Gasteiger partial charge in [0, 0.05) is 32.4 Å². The summed E-state index contributed by atoms with van der Waals surface area (Å²) in [5.74, 6) is -0.155. The van der Waals surface area contributed by atoms with Crippen molar-refractivity contribution in [2.45, 2.75) is 19.4 Å². The van der Waals surface area contributed by atoms with Crippen LogP contribution in [0, 0.1) is 5.82 Å². The maximum atomic E-state index is 13.6. The number of hydrogen-bond donors (Lipinski definition) is 1. The van der Waals surface area contributed by atoms with E-state index in [1.807, 2.05) is 30.0 Å². The lowest BCUT2D eigenvalue weighted by atomic mass is 10.2. The second-order valence-corrected chi connectivity index (χ2v) is 5.29. The summed E-state index contributed by atoms with van der Waals surface area (Å²) < 4.78 is 13.6. The molecule has 0 saturated carbocycles. The maximum Gasteiger partial charge on any atom is 0.242 e. The van der Waals surface area contributed by atoms with Gasteiger partial charge in [-0.15, -0.1) is 0 Å². The fourth-order valence-electron chi connectivity index (χ4n) is 2.52. The molecule has 0 aliphatic carbocycles. The molecular formula is C15H22FN3O. The molecule has 0 aromatic heterocycles. The molecule has 4 nitrogen and oxygen atoms in total. The van der Waals surface area contributed by atoms with Crippen LogP contribution in [0.25, 0.3) is 0 Å². The van der Waals surface area contributed by atoms with Gasteiger partial charge in [-0.2, -0.15) is 0 Å². The van der Waals surface area contributed by atoms with Crippen LogP contribution < -0.4 is 10.2 Å². The lowest BCUT2D eigenvalue weighted by Gasteiger charge is -2.23. The number of anilines is 1. The molecule has 1 saturated heterocycles. The first-order valence-corrected chi connectivity index (χ1v) is 7.03. The molecule has 20 heavy (non-hydrogen) atoms. The van der Waals surface area contributed by atoms with Gasteiger partial charge in [0.1, 0.15) is 5.82 Å². The zero-order valence-electron chi connectivity index (χ0n) is 12.2. The van der Waals surface area contributed by atoms with Crippen molar-refractivity contribution in [3.05, 3.63) is 29.6 Å². The molecule has 1 aliphatic heterocycles. The van der Waals surface area contributed by atoms with Gasteiger partial charge in [-0.3, -0.25) is 4.79 Å². The van der Waals surface area contributed by atoms with Crippen LogP contribution in [0.15, 0.2) is 18.2 Å². The Bertz CT molecular complexity index is 472. The fraction of sp³-hybridized carbons (Fsp3) is 0.533. The summed E-state index contributed by atoms with van der Waals surface area (Å²) in [5.41, 5.74) is 1.62. The number of rotatable bonds is 5. The summed E-state index contributed by atoms with van der Waals surface area (Å²) in [6.45, 7) is 2.60. The number of nitrogens with one attached hydrogen (secondary N) is 1. The Morgan fingerprint density at radius 1 is 1.35 bits per heavy atom. The summed E-state index contributed by atoms with van der Waals surface area (Å²) >= 11 is 0. The molecule has 1 aromatic carbocycles. The van der Waals surface area contributed by atoms with Gasteiger partial charge < -0.3 is 15.1 Å². The molecule has 2 rings (SSSR count). The number of amides is 1. The van der Waals surface area contributed by atoms with Gasteiger partial charge >= 0.3 is 0 Å². The van der Waals surface area contributed by atoms with Crippen molar-refractivity contribution in [1.29, 1.82) is 0 Å². The minimum absolute atomic E-state index is 0.115. The van der Waals surface area contributed by atoms with Crippen molar-refractivity contribution in [3.8, 4) is 0 Å². The predicted molar refractivity (Wildman–Crippen MR) is 78.2 cm³/mol. The number of likely N-dealkylation sites (N-methyl/N-ethyl adjacent to an activating group) is 1. The molecule has 0 atom stereocenters. The first-order valence-electron chi connectivity index (χ1n) is 7.03. The van der Waals surface area contributed by atoms with E-state index in [0.29, 0.717) is 13.1 Å². The molecule has 0 radical (unpaired) electrons. The van der Waals surface area contributed by atoms with Crippen LogP contribution in [0.1, 0.15) is 18.4 Å². The number of likely N-dealkylation sites (tertiary alicyclic amines) is 1. The molecule has 0 unspecified atom stereocenters. The summed E-state index contributed by atoms with van der Waals surface area (Å²) in [6, 6.07) is 4.89. The van der Waals surface area contributed by atoms with E-state index in [9.17, 15) is 9.18 Å². The first-order chi connectivity index (χ1) is 9.60. The van der Waals surface area contributed by atoms with Crippen molar-refractivity contribution < 1.29 is 9.18 Å². The zero-order valence-corrected chi connectivity index (χ0v) is 12.2. The highest BCUT2D eigenvalue weighted by molar-refractivity contribution is 5.81. The van der Waals surface area contributed by atoms with Gasteiger partial charge in [0.2, 0.25) is 5.91 Å². The van der Waals surface area contributed by atoms with Crippen molar-refractivity contribution in [2.75, 3.05) is 38.6 Å². The van der Waals surface area contributed by atoms with Gasteiger partial charge in [0.25, 0.3) is 0 Å². The van der Waals surface area contributed by atoms with E-state index in [-0.39, 0.29) is 11.7 Å². The Balaban J connectivity index is 2.04. The molecule has 1 aliphatic rings. The van der Waals surface area contributed by atoms with Crippen molar-refractivity contribution in [1.82, 2.24) is 10.2 Å². The van der Waals surface area contributed by atoms with E-state index in [2.05, 4.69) is 5.32 Å². The molecule has 5 heteroatoms. The zero-order chi connectivity index (χ0) is 14.5. The molecule has 0 bridgehead atoms. The van der Waals surface area contributed by atoms with Crippen LogP contribution in [0.5, 0.6) is 0 Å². The van der Waals surface area contributed by atoms with Gasteiger partial charge in [0.05, 0.1) is 6.54 Å². The highest BCUT2D eigenvalue weighted by Crippen LogP contribution is 2.18. The average Bonchev–Trinajstić information content (AvgIpc) is 2.92. The third-order valence-electron chi connectivity index (χ3n) is 3.60. The number of halogens is 1. The second kappa shape index (κ2) is 6.70. The second-order valence-electron chi connectivity index (χ2n) is 5.29. The van der Waals surface area contributed by atoms with Crippen LogP contribution in [0.2, 0.25) is 0 Å². The first kappa shape index (κ1) is 14.8. The largest absolute Gasteiger partial charge is 0.365 e. The highest BCUT2D eigenvalue weighted by atomic mass is 19.1. The molecule has 110 valence electrons. The normalized spacial score (nSPS) is 14.7. The molecular weight excluding hydrogens is 257 g/mol. The van der Waals surface area contributed by atoms with Crippen LogP contribution in [-0.2, 0) is 11.3 Å². The molecule has 1 heterocycles. The lowest BCUT2D eigenvalue weighted by Crippen LogP contribution is -2.37. The van der Waals surface area contributed by atoms with Crippen molar-refractivity contribution in [2.24, 2.45) is 0 Å². The quantitative estimate of drug-likeness (QED) is 0.889. The van der Waals surface area contributed by atoms with E-state index in [4.69, 9.17) is 0 Å². The van der Waals surface area contributed by atoms with Crippen molar-refractivity contribution in [3.63, 3.8) is 0 Å². The van der Waals surface area contributed by atoms with Crippen LogP contribution in [0.3, 0.4) is 0 Å². The summed E-state index contributed by atoms with van der Waals surface area (Å²) in [6.07, 6.45) is 2.17. The minimum atomic E-state index is -0.270. The highest BCUT2D eigenvalue weighted by Gasteiger charge is 2.19. The Morgan fingerprint density at radius 3 is 2.70 bits per heavy atom. The monoisotopic (exact) mass is 279 g/mol. The molecule has 1 N–H and O–H groups in total. The third kappa shape index (κ3) is 3.70. The Morgan fingerprint density at radius 2 is 2.05 bits per heavy atom. The molecule has 1 fully saturated rings. The third-order valence-corrected chi connectivity index (χ3v) is 3.60. The Hall–Kier alpha value is -1.62. The van der Waals surface area contributed by atoms with E-state index in [1.165, 1.54) is 12.1 Å². The van der Waals surface area contributed by atoms with Crippen molar-refractivity contribution >= 4 is 11.6 Å². The van der Waals surface area contributed by atoms with Gasteiger partial charge in [-0.05, 0) is 43.7 Å². The van der Waals surface area contributed by atoms with E-state index >= 15 is 0 Å². The average molecular weight is 279 g/mol. The Labute approximate surface area is 119 Å². The molecule has 0 spiro atoms. The van der Waals surface area contributed by atoms with Gasteiger partial charge in [-0.1, -0.05) is 0 Å². The number of carbonyl (C=O) groups is 1. The molecule has 1 amide bonds. The predicted octanol–water partition coefficient (Wildman–Crippen LogP) is 1.60. The topological polar surface area (TPSA) is 35.6 Å². The number of benzene rings is 1.